The maximum absolute atomic E-state index is 12.4. The maximum Gasteiger partial charge on any atom is 0.328 e. The van der Waals surface area contributed by atoms with Gasteiger partial charge in [0.05, 0.1) is 15.2 Å². The number of hydrogen-bond donors (Lipinski definition) is 2. The van der Waals surface area contributed by atoms with Crippen LogP contribution in [-0.2, 0) is 9.59 Å². The minimum Gasteiger partial charge on any atom is -0.480 e. The third-order valence-corrected chi connectivity index (χ3v) is 3.91. The van der Waals surface area contributed by atoms with Crippen LogP contribution in [0.15, 0.2) is 15.9 Å². The average molecular weight is 367 g/mol. The van der Waals surface area contributed by atoms with E-state index in [-0.39, 0.29) is 12.5 Å². The monoisotopic (exact) mass is 366 g/mol. The molecule has 2 N–H and O–H groups in total. The quantitative estimate of drug-likeness (QED) is 0.789. The van der Waals surface area contributed by atoms with Crippen LogP contribution in [0.4, 0.5) is 4.39 Å². The summed E-state index contributed by atoms with van der Waals surface area (Å²) in [6.45, 7) is -1.56. The Hall–Kier alpha value is -1.48. The van der Waals surface area contributed by atoms with Gasteiger partial charge in [-0.15, -0.1) is 11.3 Å². The van der Waals surface area contributed by atoms with Gasteiger partial charge in [-0.1, -0.05) is 0 Å². The summed E-state index contributed by atoms with van der Waals surface area (Å²) in [7, 11) is 1.40. The SMILES string of the molecule is CN(CC(=O)NC(CF)C(=O)O)C(=O)c1ccc(Br)s1. The molecule has 1 heterocycles. The van der Waals surface area contributed by atoms with E-state index in [1.165, 1.54) is 18.4 Å². The first-order chi connectivity index (χ1) is 9.35. The summed E-state index contributed by atoms with van der Waals surface area (Å²) in [4.78, 5) is 35.6. The molecular weight excluding hydrogens is 355 g/mol. The lowest BCUT2D eigenvalue weighted by Gasteiger charge is -2.17. The van der Waals surface area contributed by atoms with Crippen molar-refractivity contribution in [3.05, 3.63) is 20.8 Å². The van der Waals surface area contributed by atoms with E-state index in [0.717, 1.165) is 8.69 Å². The van der Waals surface area contributed by atoms with Gasteiger partial charge in [0.1, 0.15) is 6.67 Å². The molecule has 0 saturated heterocycles. The highest BCUT2D eigenvalue weighted by molar-refractivity contribution is 9.11. The Morgan fingerprint density at radius 1 is 1.50 bits per heavy atom. The van der Waals surface area contributed by atoms with Gasteiger partial charge in [0.25, 0.3) is 5.91 Å². The molecule has 110 valence electrons. The number of thiophene rings is 1. The normalized spacial score (nSPS) is 11.8. The highest BCUT2D eigenvalue weighted by Gasteiger charge is 2.22. The van der Waals surface area contributed by atoms with Crippen LogP contribution in [0.2, 0.25) is 0 Å². The molecule has 0 aliphatic heterocycles. The van der Waals surface area contributed by atoms with Crippen molar-refractivity contribution < 1.29 is 23.9 Å². The first-order valence-electron chi connectivity index (χ1n) is 5.44. The number of amides is 2. The molecule has 6 nitrogen and oxygen atoms in total. The number of carboxylic acid groups (broad SMARTS) is 1. The molecule has 0 spiro atoms. The second-order valence-corrected chi connectivity index (χ2v) is 6.34. The number of aliphatic carboxylic acids is 1. The number of halogens is 2. The van der Waals surface area contributed by atoms with Crippen molar-refractivity contribution in [3.8, 4) is 0 Å². The van der Waals surface area contributed by atoms with Crippen molar-refractivity contribution in [2.45, 2.75) is 6.04 Å². The Morgan fingerprint density at radius 2 is 2.15 bits per heavy atom. The van der Waals surface area contributed by atoms with Gasteiger partial charge >= 0.3 is 5.97 Å². The zero-order valence-electron chi connectivity index (χ0n) is 10.4. The predicted molar refractivity (Wildman–Crippen MR) is 74.5 cm³/mol. The third kappa shape index (κ3) is 4.57. The van der Waals surface area contributed by atoms with Crippen LogP contribution in [0, 0.1) is 0 Å². The van der Waals surface area contributed by atoms with Crippen LogP contribution < -0.4 is 5.32 Å². The summed E-state index contributed by atoms with van der Waals surface area (Å²) in [5.41, 5.74) is 0. The molecule has 0 aliphatic carbocycles. The van der Waals surface area contributed by atoms with Gasteiger partial charge in [0.2, 0.25) is 5.91 Å². The van der Waals surface area contributed by atoms with Gasteiger partial charge in [-0.2, -0.15) is 0 Å². The molecule has 1 atom stereocenters. The Morgan fingerprint density at radius 3 is 2.60 bits per heavy atom. The van der Waals surface area contributed by atoms with Crippen LogP contribution in [0.25, 0.3) is 0 Å². The van der Waals surface area contributed by atoms with Gasteiger partial charge in [0.15, 0.2) is 6.04 Å². The molecule has 2 amide bonds. The lowest BCUT2D eigenvalue weighted by Crippen LogP contribution is -2.46. The summed E-state index contributed by atoms with van der Waals surface area (Å²) in [5.74, 6) is -2.57. The Labute approximate surface area is 126 Å². The summed E-state index contributed by atoms with van der Waals surface area (Å²) in [5, 5.41) is 10.6. The highest BCUT2D eigenvalue weighted by Crippen LogP contribution is 2.22. The van der Waals surface area contributed by atoms with Crippen LogP contribution in [0.3, 0.4) is 0 Å². The third-order valence-electron chi connectivity index (χ3n) is 2.30. The number of nitrogens with zero attached hydrogens (tertiary/aromatic N) is 1. The van der Waals surface area contributed by atoms with E-state index in [2.05, 4.69) is 15.9 Å². The van der Waals surface area contributed by atoms with Gasteiger partial charge < -0.3 is 15.3 Å². The zero-order chi connectivity index (χ0) is 15.3. The lowest BCUT2D eigenvalue weighted by molar-refractivity contribution is -0.142. The molecule has 1 aromatic rings. The second kappa shape index (κ2) is 7.34. The smallest absolute Gasteiger partial charge is 0.328 e. The lowest BCUT2D eigenvalue weighted by atomic mass is 10.3. The Bertz CT molecular complexity index is 522. The number of likely N-dealkylation sites (N-methyl/N-ethyl adjacent to an activating group) is 1. The molecule has 0 aromatic carbocycles. The van der Waals surface area contributed by atoms with E-state index in [9.17, 15) is 18.8 Å². The number of carbonyl (C=O) groups excluding carboxylic acids is 2. The van der Waals surface area contributed by atoms with E-state index in [4.69, 9.17) is 5.11 Å². The van der Waals surface area contributed by atoms with Crippen LogP contribution >= 0.6 is 27.3 Å². The first kappa shape index (κ1) is 16.6. The van der Waals surface area contributed by atoms with Crippen molar-refractivity contribution in [1.29, 1.82) is 0 Å². The number of nitrogens with one attached hydrogen (secondary N) is 1. The fraction of sp³-hybridized carbons (Fsp3) is 0.364. The number of rotatable bonds is 6. The molecule has 1 unspecified atom stereocenters. The number of hydrogen-bond acceptors (Lipinski definition) is 4. The molecular formula is C11H12BrFN2O4S. The zero-order valence-corrected chi connectivity index (χ0v) is 12.8. The van der Waals surface area contributed by atoms with Crippen LogP contribution in [0.5, 0.6) is 0 Å². The summed E-state index contributed by atoms with van der Waals surface area (Å²) in [6, 6.07) is 1.71. The first-order valence-corrected chi connectivity index (χ1v) is 7.05. The molecule has 0 radical (unpaired) electrons. The molecule has 9 heteroatoms. The average Bonchev–Trinajstić information content (AvgIpc) is 2.81. The van der Waals surface area contributed by atoms with Gasteiger partial charge in [-0.05, 0) is 28.1 Å². The van der Waals surface area contributed by atoms with Crippen LogP contribution in [0.1, 0.15) is 9.67 Å². The van der Waals surface area contributed by atoms with Gasteiger partial charge in [-0.25, -0.2) is 9.18 Å². The highest BCUT2D eigenvalue weighted by atomic mass is 79.9. The fourth-order valence-corrected chi connectivity index (χ4v) is 2.69. The van der Waals surface area contributed by atoms with E-state index < -0.39 is 24.6 Å². The molecule has 1 aromatic heterocycles. The van der Waals surface area contributed by atoms with E-state index >= 15 is 0 Å². The van der Waals surface area contributed by atoms with Crippen LogP contribution in [-0.4, -0.2) is 54.1 Å². The Kier molecular flexibility index (Phi) is 6.08. The molecule has 0 bridgehead atoms. The largest absolute Gasteiger partial charge is 0.480 e. The Balaban J connectivity index is 2.57. The minimum absolute atomic E-state index is 0.349. The fourth-order valence-electron chi connectivity index (χ4n) is 1.31. The van der Waals surface area contributed by atoms with Crippen molar-refractivity contribution in [1.82, 2.24) is 10.2 Å². The van der Waals surface area contributed by atoms with Crippen molar-refractivity contribution in [2.75, 3.05) is 20.3 Å². The van der Waals surface area contributed by atoms with Crippen molar-refractivity contribution >= 4 is 45.1 Å². The summed E-state index contributed by atoms with van der Waals surface area (Å²) in [6.07, 6.45) is 0. The summed E-state index contributed by atoms with van der Waals surface area (Å²) < 4.78 is 13.1. The molecule has 20 heavy (non-hydrogen) atoms. The predicted octanol–water partition coefficient (Wildman–Crippen LogP) is 1.12. The second-order valence-electron chi connectivity index (χ2n) is 3.88. The summed E-state index contributed by atoms with van der Waals surface area (Å²) >= 11 is 4.43. The minimum atomic E-state index is -1.60. The van der Waals surface area contributed by atoms with Gasteiger partial charge in [-0.3, -0.25) is 9.59 Å². The van der Waals surface area contributed by atoms with Gasteiger partial charge in [0, 0.05) is 7.05 Å². The van der Waals surface area contributed by atoms with Crippen molar-refractivity contribution in [3.63, 3.8) is 0 Å². The number of carboxylic acids is 1. The standard InChI is InChI=1S/C11H12BrFN2O4S/c1-15(10(17)7-2-3-8(12)20-7)5-9(16)14-6(4-13)11(18)19/h2-3,6H,4-5H2,1H3,(H,14,16)(H,18,19). The number of alkyl halides is 1. The maximum atomic E-state index is 12.4. The van der Waals surface area contributed by atoms with E-state index in [0.29, 0.717) is 4.88 Å². The molecule has 1 rings (SSSR count). The molecule has 0 aliphatic rings. The van der Waals surface area contributed by atoms with E-state index in [1.807, 2.05) is 5.32 Å². The van der Waals surface area contributed by atoms with Crippen molar-refractivity contribution in [2.24, 2.45) is 0 Å². The topological polar surface area (TPSA) is 86.7 Å². The van der Waals surface area contributed by atoms with E-state index in [1.54, 1.807) is 12.1 Å². The number of carbonyl (C=O) groups is 3. The molecule has 0 saturated carbocycles. The molecule has 0 fully saturated rings.